The Morgan fingerprint density at radius 1 is 1.05 bits per heavy atom. The molecule has 37 heavy (non-hydrogen) atoms. The average molecular weight is 523 g/mol. The molecular formula is C28H24F2N2O4S. The van der Waals surface area contributed by atoms with Crippen molar-refractivity contribution in [2.75, 3.05) is 19.7 Å². The minimum absolute atomic E-state index is 0.0517. The second-order valence-electron chi connectivity index (χ2n) is 8.67. The Kier molecular flexibility index (Phi) is 7.32. The fraction of sp³-hybridized carbons (Fsp3) is 0.214. The zero-order valence-corrected chi connectivity index (χ0v) is 20.6. The molecule has 0 radical (unpaired) electrons. The molecule has 1 aliphatic rings. The van der Waals surface area contributed by atoms with E-state index >= 15 is 0 Å². The summed E-state index contributed by atoms with van der Waals surface area (Å²) in [6, 6.07) is 16.2. The maximum absolute atomic E-state index is 13.8. The topological polar surface area (TPSA) is 63.0 Å². The van der Waals surface area contributed by atoms with Gasteiger partial charge in [0.05, 0.1) is 18.8 Å². The molecule has 0 fully saturated rings. The number of rotatable bonds is 8. The van der Waals surface area contributed by atoms with E-state index in [2.05, 4.69) is 0 Å². The van der Waals surface area contributed by atoms with Crippen LogP contribution >= 0.6 is 11.3 Å². The van der Waals surface area contributed by atoms with Gasteiger partial charge in [0.15, 0.2) is 0 Å². The summed E-state index contributed by atoms with van der Waals surface area (Å²) in [4.78, 5) is 31.2. The zero-order chi connectivity index (χ0) is 25.8. The molecule has 0 spiro atoms. The van der Waals surface area contributed by atoms with E-state index in [1.165, 1.54) is 46.4 Å². The monoisotopic (exact) mass is 522 g/mol. The van der Waals surface area contributed by atoms with E-state index in [4.69, 9.17) is 9.15 Å². The molecule has 5 rings (SSSR count). The number of amides is 2. The van der Waals surface area contributed by atoms with Crippen LogP contribution in [0.3, 0.4) is 0 Å². The molecule has 3 heterocycles. The molecule has 2 aromatic heterocycles. The van der Waals surface area contributed by atoms with Crippen LogP contribution in [0.15, 0.2) is 82.8 Å². The summed E-state index contributed by atoms with van der Waals surface area (Å²) in [6.45, 7) is 0.406. The number of hydrogen-bond acceptors (Lipinski definition) is 5. The van der Waals surface area contributed by atoms with Crippen molar-refractivity contribution in [1.82, 2.24) is 9.80 Å². The van der Waals surface area contributed by atoms with Crippen LogP contribution in [0.2, 0.25) is 0 Å². The van der Waals surface area contributed by atoms with Crippen molar-refractivity contribution in [2.45, 2.75) is 19.0 Å². The van der Waals surface area contributed by atoms with Crippen LogP contribution in [0, 0.1) is 11.6 Å². The number of carbonyl (C=O) groups is 2. The lowest BCUT2D eigenvalue weighted by molar-refractivity contribution is -0.135. The Hall–Kier alpha value is -3.98. The van der Waals surface area contributed by atoms with Crippen LogP contribution in [0.1, 0.15) is 32.6 Å². The average Bonchev–Trinajstić information content (AvgIpc) is 3.58. The summed E-state index contributed by atoms with van der Waals surface area (Å²) in [5, 5.41) is 1.98. The number of fused-ring (bicyclic) bond motifs is 1. The lowest BCUT2D eigenvalue weighted by atomic mass is 10.0. The van der Waals surface area contributed by atoms with Crippen molar-refractivity contribution in [2.24, 2.45) is 0 Å². The van der Waals surface area contributed by atoms with Gasteiger partial charge in [-0.1, -0.05) is 12.1 Å². The maximum atomic E-state index is 13.8. The highest BCUT2D eigenvalue weighted by Gasteiger charge is 2.34. The highest BCUT2D eigenvalue weighted by atomic mass is 32.1. The van der Waals surface area contributed by atoms with Crippen LogP contribution in [-0.4, -0.2) is 41.3 Å². The number of ether oxygens (including phenoxy) is 1. The normalized spacial score (nSPS) is 14.8. The molecule has 190 valence electrons. The molecule has 1 atom stereocenters. The summed E-state index contributed by atoms with van der Waals surface area (Å²) < 4.78 is 38.8. The number of thiophene rings is 1. The second-order valence-corrected chi connectivity index (χ2v) is 9.67. The van der Waals surface area contributed by atoms with E-state index in [-0.39, 0.29) is 31.2 Å². The van der Waals surface area contributed by atoms with E-state index in [0.29, 0.717) is 24.5 Å². The summed E-state index contributed by atoms with van der Waals surface area (Å²) in [5.41, 5.74) is 1.12. The number of halogens is 2. The first-order valence-electron chi connectivity index (χ1n) is 11.8. The number of benzene rings is 2. The van der Waals surface area contributed by atoms with Crippen molar-refractivity contribution in [3.8, 4) is 5.75 Å². The highest BCUT2D eigenvalue weighted by molar-refractivity contribution is 7.10. The standard InChI is InChI=1S/C28H24F2N2O4S/c29-20-5-1-4-19(14-20)28(34)31(16-23-8-3-12-35-23)17-27(33)32-11-9-26-24(10-13-37-26)25(32)18-36-22-7-2-6-21(30)15-22/h1-8,10,12-15,25H,9,11,16-18H2/t25-/m0/s1. The number of hydrogen-bond donors (Lipinski definition) is 0. The molecule has 0 saturated heterocycles. The molecule has 0 N–H and O–H groups in total. The lowest BCUT2D eigenvalue weighted by Gasteiger charge is -2.37. The first-order chi connectivity index (χ1) is 18.0. The van der Waals surface area contributed by atoms with Gasteiger partial charge in [0, 0.05) is 23.1 Å². The zero-order valence-electron chi connectivity index (χ0n) is 19.8. The number of furan rings is 1. The van der Waals surface area contributed by atoms with E-state index in [1.807, 2.05) is 11.4 Å². The molecule has 4 aromatic rings. The molecule has 0 aliphatic carbocycles. The molecule has 1 aliphatic heterocycles. The highest BCUT2D eigenvalue weighted by Crippen LogP contribution is 2.34. The van der Waals surface area contributed by atoms with Gasteiger partial charge in [-0.05, 0) is 65.9 Å². The largest absolute Gasteiger partial charge is 0.491 e. The Morgan fingerprint density at radius 2 is 1.86 bits per heavy atom. The van der Waals surface area contributed by atoms with Gasteiger partial charge in [-0.3, -0.25) is 9.59 Å². The summed E-state index contributed by atoms with van der Waals surface area (Å²) in [6.07, 6.45) is 2.18. The molecule has 2 amide bonds. The van der Waals surface area contributed by atoms with Crippen LogP contribution in [-0.2, 0) is 17.8 Å². The predicted octanol–water partition coefficient (Wildman–Crippen LogP) is 5.47. The van der Waals surface area contributed by atoms with Gasteiger partial charge in [0.2, 0.25) is 5.91 Å². The Labute approximate surface area is 216 Å². The maximum Gasteiger partial charge on any atom is 0.254 e. The minimum atomic E-state index is -0.536. The quantitative estimate of drug-likeness (QED) is 0.308. The van der Waals surface area contributed by atoms with Crippen molar-refractivity contribution >= 4 is 23.2 Å². The fourth-order valence-corrected chi connectivity index (χ4v) is 5.38. The fourth-order valence-electron chi connectivity index (χ4n) is 4.45. The van der Waals surface area contributed by atoms with Gasteiger partial charge in [0.25, 0.3) is 5.91 Å². The first-order valence-corrected chi connectivity index (χ1v) is 12.7. The third kappa shape index (κ3) is 5.72. The van der Waals surface area contributed by atoms with Crippen molar-refractivity contribution in [3.63, 3.8) is 0 Å². The lowest BCUT2D eigenvalue weighted by Crippen LogP contribution is -2.47. The van der Waals surface area contributed by atoms with Crippen LogP contribution < -0.4 is 4.74 Å². The summed E-state index contributed by atoms with van der Waals surface area (Å²) in [5.74, 6) is -0.829. The van der Waals surface area contributed by atoms with Gasteiger partial charge in [-0.15, -0.1) is 11.3 Å². The number of nitrogens with zero attached hydrogens (tertiary/aromatic N) is 2. The molecule has 0 bridgehead atoms. The third-order valence-corrected chi connectivity index (χ3v) is 7.23. The van der Waals surface area contributed by atoms with Crippen LogP contribution in [0.4, 0.5) is 8.78 Å². The van der Waals surface area contributed by atoms with Crippen molar-refractivity contribution in [1.29, 1.82) is 0 Å². The van der Waals surface area contributed by atoms with E-state index in [9.17, 15) is 18.4 Å². The van der Waals surface area contributed by atoms with E-state index in [0.717, 1.165) is 11.6 Å². The minimum Gasteiger partial charge on any atom is -0.491 e. The molecule has 6 nitrogen and oxygen atoms in total. The predicted molar refractivity (Wildman–Crippen MR) is 134 cm³/mol. The number of carbonyl (C=O) groups excluding carboxylic acids is 2. The second kappa shape index (κ2) is 11.0. The van der Waals surface area contributed by atoms with Gasteiger partial charge in [-0.2, -0.15) is 0 Å². The van der Waals surface area contributed by atoms with E-state index < -0.39 is 23.6 Å². The molecule has 0 unspecified atom stereocenters. The smallest absolute Gasteiger partial charge is 0.254 e. The van der Waals surface area contributed by atoms with Crippen LogP contribution in [0.25, 0.3) is 0 Å². The molecule has 2 aromatic carbocycles. The Balaban J connectivity index is 1.38. The van der Waals surface area contributed by atoms with Gasteiger partial charge in [0.1, 0.15) is 36.3 Å². The van der Waals surface area contributed by atoms with Gasteiger partial charge in [-0.25, -0.2) is 8.78 Å². The summed E-state index contributed by atoms with van der Waals surface area (Å²) in [7, 11) is 0. The SMILES string of the molecule is O=C(c1cccc(F)c1)N(CC(=O)N1CCc2sccc2[C@@H]1COc1cccc(F)c1)Cc1ccco1. The van der Waals surface area contributed by atoms with Crippen molar-refractivity contribution in [3.05, 3.63) is 112 Å². The van der Waals surface area contributed by atoms with Gasteiger partial charge >= 0.3 is 0 Å². The summed E-state index contributed by atoms with van der Waals surface area (Å²) >= 11 is 1.62. The molecule has 0 saturated carbocycles. The molecule has 9 heteroatoms. The van der Waals surface area contributed by atoms with Gasteiger partial charge < -0.3 is 19.0 Å². The van der Waals surface area contributed by atoms with E-state index in [1.54, 1.807) is 40.5 Å². The third-order valence-electron chi connectivity index (χ3n) is 6.23. The van der Waals surface area contributed by atoms with Crippen LogP contribution in [0.5, 0.6) is 5.75 Å². The van der Waals surface area contributed by atoms with Crippen molar-refractivity contribution < 1.29 is 27.5 Å². The Morgan fingerprint density at radius 3 is 2.62 bits per heavy atom. The molecular weight excluding hydrogens is 498 g/mol. The first kappa shape index (κ1) is 24.7. The Bertz CT molecular complexity index is 1390.